The third-order valence-electron chi connectivity index (χ3n) is 3.95. The first kappa shape index (κ1) is 15.5. The number of primary amides is 1. The van der Waals surface area contributed by atoms with Gasteiger partial charge >= 0.3 is 0 Å². The van der Waals surface area contributed by atoms with Crippen molar-refractivity contribution in [3.05, 3.63) is 56.4 Å². The van der Waals surface area contributed by atoms with Crippen LogP contribution in [0.5, 0.6) is 0 Å². The number of nitrogens with one attached hydrogen (secondary N) is 1. The van der Waals surface area contributed by atoms with Crippen molar-refractivity contribution in [1.82, 2.24) is 9.88 Å². The van der Waals surface area contributed by atoms with Gasteiger partial charge in [-0.3, -0.25) is 29.1 Å². The highest BCUT2D eigenvalue weighted by Crippen LogP contribution is 2.26. The van der Waals surface area contributed by atoms with Crippen molar-refractivity contribution in [2.24, 2.45) is 5.73 Å². The molecule has 1 aromatic carbocycles. The van der Waals surface area contributed by atoms with Crippen molar-refractivity contribution in [2.75, 3.05) is 5.73 Å². The second-order valence-corrected chi connectivity index (χ2v) is 5.60. The Hall–Kier alpha value is -3.42. The Morgan fingerprint density at radius 3 is 2.17 bits per heavy atom. The highest BCUT2D eigenvalue weighted by Gasteiger charge is 2.32. The molecule has 24 heavy (non-hydrogen) atoms. The molecule has 0 aliphatic carbocycles. The number of hydrogen-bond donors (Lipinski definition) is 3. The Bertz CT molecular complexity index is 981. The summed E-state index contributed by atoms with van der Waals surface area (Å²) in [6.45, 7) is 3.39. The van der Waals surface area contributed by atoms with Crippen LogP contribution in [0.25, 0.3) is 5.69 Å². The van der Waals surface area contributed by atoms with Crippen LogP contribution < -0.4 is 22.3 Å². The number of aryl methyl sites for hydroxylation is 2. The highest BCUT2D eigenvalue weighted by atomic mass is 16.2. The number of benzene rings is 1. The predicted octanol–water partition coefficient (Wildman–Crippen LogP) is 0.0190. The van der Waals surface area contributed by atoms with E-state index in [0.29, 0.717) is 22.4 Å². The van der Waals surface area contributed by atoms with E-state index in [-0.39, 0.29) is 16.9 Å². The van der Waals surface area contributed by atoms with Crippen molar-refractivity contribution in [2.45, 2.75) is 13.8 Å². The Morgan fingerprint density at radius 1 is 1.04 bits per heavy atom. The van der Waals surface area contributed by atoms with Gasteiger partial charge in [0.15, 0.2) is 0 Å². The number of carbonyl (C=O) groups excluding carboxylic acids is 3. The predicted molar refractivity (Wildman–Crippen MR) is 86.2 cm³/mol. The van der Waals surface area contributed by atoms with Crippen molar-refractivity contribution < 1.29 is 14.4 Å². The highest BCUT2D eigenvalue weighted by molar-refractivity contribution is 6.23. The average molecular weight is 326 g/mol. The van der Waals surface area contributed by atoms with Crippen LogP contribution in [-0.4, -0.2) is 22.3 Å². The number of hydrogen-bond acceptors (Lipinski definition) is 5. The first-order valence-corrected chi connectivity index (χ1v) is 7.05. The minimum Gasteiger partial charge on any atom is -0.384 e. The summed E-state index contributed by atoms with van der Waals surface area (Å²) in [6.07, 6.45) is 0. The third kappa shape index (κ3) is 2.08. The minimum atomic E-state index is -0.650. The molecule has 0 bridgehead atoms. The maximum absolute atomic E-state index is 12.5. The maximum atomic E-state index is 12.5. The molecule has 0 saturated carbocycles. The number of pyridine rings is 1. The zero-order chi connectivity index (χ0) is 17.8. The number of rotatable bonds is 2. The Balaban J connectivity index is 2.36. The number of amides is 3. The summed E-state index contributed by atoms with van der Waals surface area (Å²) in [4.78, 5) is 47.4. The summed E-state index contributed by atoms with van der Waals surface area (Å²) in [6, 6.07) is 4.15. The van der Waals surface area contributed by atoms with Crippen LogP contribution >= 0.6 is 0 Å². The minimum absolute atomic E-state index is 0.0302. The lowest BCUT2D eigenvalue weighted by Gasteiger charge is -2.17. The first-order chi connectivity index (χ1) is 11.2. The summed E-state index contributed by atoms with van der Waals surface area (Å²) >= 11 is 0. The summed E-state index contributed by atoms with van der Waals surface area (Å²) in [7, 11) is 0. The van der Waals surface area contributed by atoms with Gasteiger partial charge in [0, 0.05) is 11.6 Å². The van der Waals surface area contributed by atoms with E-state index in [0.717, 1.165) is 10.6 Å². The number of carbonyl (C=O) groups is 3. The molecular weight excluding hydrogens is 312 g/mol. The zero-order valence-corrected chi connectivity index (χ0v) is 13.0. The Morgan fingerprint density at radius 2 is 1.62 bits per heavy atom. The van der Waals surface area contributed by atoms with Gasteiger partial charge in [-0.15, -0.1) is 0 Å². The quantitative estimate of drug-likeness (QED) is 0.668. The largest absolute Gasteiger partial charge is 0.384 e. The molecule has 0 fully saturated rings. The van der Waals surface area contributed by atoms with Crippen molar-refractivity contribution >= 4 is 23.5 Å². The van der Waals surface area contributed by atoms with Crippen LogP contribution in [0.2, 0.25) is 0 Å². The molecule has 0 radical (unpaired) electrons. The van der Waals surface area contributed by atoms with Gasteiger partial charge in [0.05, 0.1) is 16.8 Å². The fourth-order valence-corrected chi connectivity index (χ4v) is 2.96. The van der Waals surface area contributed by atoms with Gasteiger partial charge in [-0.05, 0) is 37.1 Å². The van der Waals surface area contributed by atoms with Gasteiger partial charge in [-0.2, -0.15) is 0 Å². The molecule has 8 heteroatoms. The lowest BCUT2D eigenvalue weighted by Crippen LogP contribution is -2.25. The molecule has 5 N–H and O–H groups in total. The second kappa shape index (κ2) is 5.05. The van der Waals surface area contributed by atoms with Gasteiger partial charge in [-0.25, -0.2) is 0 Å². The van der Waals surface area contributed by atoms with Gasteiger partial charge in [0.2, 0.25) is 5.91 Å². The van der Waals surface area contributed by atoms with Gasteiger partial charge in [0.25, 0.3) is 17.4 Å². The number of nitrogens with zero attached hydrogens (tertiary/aromatic N) is 1. The Kier molecular flexibility index (Phi) is 3.26. The monoisotopic (exact) mass is 326 g/mol. The van der Waals surface area contributed by atoms with E-state index >= 15 is 0 Å². The molecule has 0 saturated heterocycles. The number of nitrogens with two attached hydrogens (primary N) is 2. The van der Waals surface area contributed by atoms with Crippen molar-refractivity contribution in [3.8, 4) is 5.69 Å². The first-order valence-electron chi connectivity index (χ1n) is 7.05. The topological polar surface area (TPSA) is 137 Å². The van der Waals surface area contributed by atoms with Crippen LogP contribution in [0.1, 0.15) is 42.2 Å². The molecule has 0 spiro atoms. The second-order valence-electron chi connectivity index (χ2n) is 5.60. The fourth-order valence-electron chi connectivity index (χ4n) is 2.96. The molecule has 1 aromatic heterocycles. The van der Waals surface area contributed by atoms with Gasteiger partial charge < -0.3 is 11.5 Å². The third-order valence-corrected chi connectivity index (χ3v) is 3.95. The van der Waals surface area contributed by atoms with E-state index in [1.54, 1.807) is 13.8 Å². The molecule has 3 amide bonds. The number of aromatic nitrogens is 1. The van der Waals surface area contributed by atoms with Gasteiger partial charge in [-0.1, -0.05) is 0 Å². The summed E-state index contributed by atoms with van der Waals surface area (Å²) in [5.41, 5.74) is 12.6. The lowest BCUT2D eigenvalue weighted by molar-refractivity contribution is 0.0878. The molecule has 0 unspecified atom stereocenters. The van der Waals surface area contributed by atoms with E-state index < -0.39 is 23.3 Å². The van der Waals surface area contributed by atoms with E-state index in [4.69, 9.17) is 11.5 Å². The fraction of sp³-hybridized carbons (Fsp3) is 0.125. The van der Waals surface area contributed by atoms with Crippen LogP contribution in [-0.2, 0) is 0 Å². The standard InChI is InChI=1S/C16H14N4O4/c1-6-3-8(14(18)22)4-7(2)12(6)20-10(21)5-9-11(13(20)17)16(24)19-15(9)23/h3-5H,17H2,1-2H3,(H2,18,22)(H,19,23,24). The molecular formula is C16H14N4O4. The Labute approximate surface area is 136 Å². The molecule has 1 aliphatic rings. The number of fused-ring (bicyclic) bond motifs is 1. The smallest absolute Gasteiger partial charge is 0.262 e. The molecule has 122 valence electrons. The van der Waals surface area contributed by atoms with E-state index in [1.807, 2.05) is 0 Å². The van der Waals surface area contributed by atoms with Crippen LogP contribution in [0, 0.1) is 13.8 Å². The van der Waals surface area contributed by atoms with Crippen molar-refractivity contribution in [3.63, 3.8) is 0 Å². The van der Waals surface area contributed by atoms with Gasteiger partial charge in [0.1, 0.15) is 5.82 Å². The summed E-state index contributed by atoms with van der Waals surface area (Å²) in [5.74, 6) is -2.01. The molecule has 1 aliphatic heterocycles. The summed E-state index contributed by atoms with van der Waals surface area (Å²) < 4.78 is 1.16. The normalized spacial score (nSPS) is 12.9. The molecule has 0 atom stereocenters. The molecule has 3 rings (SSSR count). The van der Waals surface area contributed by atoms with Crippen molar-refractivity contribution in [1.29, 1.82) is 0 Å². The maximum Gasteiger partial charge on any atom is 0.262 e. The lowest BCUT2D eigenvalue weighted by atomic mass is 10.0. The number of nitrogen functional groups attached to an aromatic ring is 1. The molecule has 8 nitrogen and oxygen atoms in total. The van der Waals surface area contributed by atoms with E-state index in [2.05, 4.69) is 5.32 Å². The molecule has 2 aromatic rings. The number of anilines is 1. The average Bonchev–Trinajstić information content (AvgIpc) is 2.75. The van der Waals surface area contributed by atoms with Crippen LogP contribution in [0.15, 0.2) is 23.0 Å². The van der Waals surface area contributed by atoms with Crippen LogP contribution in [0.3, 0.4) is 0 Å². The SMILES string of the molecule is Cc1cc(C(N)=O)cc(C)c1-n1c(N)c2c(cc1=O)C(=O)NC2=O. The summed E-state index contributed by atoms with van der Waals surface area (Å²) in [5, 5.41) is 2.11. The zero-order valence-electron chi connectivity index (χ0n) is 13.0. The molecule has 2 heterocycles. The van der Waals surface area contributed by atoms with Crippen LogP contribution in [0.4, 0.5) is 5.82 Å². The number of imide groups is 1. The van der Waals surface area contributed by atoms with E-state index in [9.17, 15) is 19.2 Å². The van der Waals surface area contributed by atoms with E-state index in [1.165, 1.54) is 12.1 Å².